The van der Waals surface area contributed by atoms with E-state index in [4.69, 9.17) is 9.47 Å². The second kappa shape index (κ2) is 5.33. The number of methoxy groups -OCH3 is 2. The van der Waals surface area contributed by atoms with Crippen molar-refractivity contribution >= 4 is 15.9 Å². The third-order valence-electron chi connectivity index (χ3n) is 3.66. The highest BCUT2D eigenvalue weighted by molar-refractivity contribution is 9.10. The van der Waals surface area contributed by atoms with E-state index in [-0.39, 0.29) is 0 Å². The summed E-state index contributed by atoms with van der Waals surface area (Å²) >= 11 is 3.57. The molecule has 1 fully saturated rings. The molecule has 0 heterocycles. The van der Waals surface area contributed by atoms with Gasteiger partial charge in [-0.05, 0) is 51.9 Å². The van der Waals surface area contributed by atoms with Crippen LogP contribution in [0.5, 0.6) is 11.5 Å². The summed E-state index contributed by atoms with van der Waals surface area (Å²) in [5.41, 5.74) is 1.64. The number of benzene rings is 1. The number of halogens is 1. The summed E-state index contributed by atoms with van der Waals surface area (Å²) in [5.74, 6) is 1.93. The van der Waals surface area contributed by atoms with Crippen molar-refractivity contribution < 1.29 is 14.6 Å². The summed E-state index contributed by atoms with van der Waals surface area (Å²) in [6.07, 6.45) is 2.38. The van der Waals surface area contributed by atoms with E-state index in [1.54, 1.807) is 14.2 Å². The van der Waals surface area contributed by atoms with E-state index in [0.717, 1.165) is 39.9 Å². The van der Waals surface area contributed by atoms with Crippen LogP contribution in [-0.4, -0.2) is 24.9 Å². The van der Waals surface area contributed by atoms with Gasteiger partial charge in [-0.2, -0.15) is 0 Å². The number of aliphatic hydroxyl groups is 1. The van der Waals surface area contributed by atoms with Crippen molar-refractivity contribution in [1.29, 1.82) is 0 Å². The highest BCUT2D eigenvalue weighted by atomic mass is 79.9. The largest absolute Gasteiger partial charge is 0.495 e. The average molecular weight is 329 g/mol. The lowest BCUT2D eigenvalue weighted by Gasteiger charge is -2.20. The van der Waals surface area contributed by atoms with Crippen molar-refractivity contribution in [2.45, 2.75) is 44.6 Å². The summed E-state index contributed by atoms with van der Waals surface area (Å²) < 4.78 is 11.8. The minimum atomic E-state index is -0.532. The molecular weight excluding hydrogens is 308 g/mol. The van der Waals surface area contributed by atoms with Gasteiger partial charge in [-0.3, -0.25) is 0 Å². The molecule has 0 aromatic heterocycles. The Morgan fingerprint density at radius 2 is 1.84 bits per heavy atom. The molecule has 4 heteroatoms. The molecule has 1 aromatic carbocycles. The Kier molecular flexibility index (Phi) is 4.11. The number of ether oxygens (including phenoxy) is 2. The molecule has 1 aliphatic rings. The Bertz CT molecular complexity index is 479. The highest BCUT2D eigenvalue weighted by Gasteiger charge is 2.41. The zero-order valence-electron chi connectivity index (χ0n) is 11.9. The number of rotatable bonds is 5. The van der Waals surface area contributed by atoms with Crippen LogP contribution in [0.2, 0.25) is 0 Å². The van der Waals surface area contributed by atoms with Gasteiger partial charge in [0.15, 0.2) is 0 Å². The van der Waals surface area contributed by atoms with Gasteiger partial charge in [-0.25, -0.2) is 0 Å². The Morgan fingerprint density at radius 3 is 2.26 bits per heavy atom. The van der Waals surface area contributed by atoms with E-state index >= 15 is 0 Å². The molecular formula is C15H21BrO3. The molecule has 1 saturated carbocycles. The predicted octanol–water partition coefficient (Wildman–Crippen LogP) is 3.66. The smallest absolute Gasteiger partial charge is 0.140 e. The van der Waals surface area contributed by atoms with Crippen LogP contribution in [-0.2, 0) is 6.42 Å². The fourth-order valence-electron chi connectivity index (χ4n) is 2.35. The van der Waals surface area contributed by atoms with E-state index in [9.17, 15) is 5.11 Å². The van der Waals surface area contributed by atoms with Gasteiger partial charge in [-0.1, -0.05) is 13.8 Å². The van der Waals surface area contributed by atoms with Gasteiger partial charge < -0.3 is 14.6 Å². The Labute approximate surface area is 123 Å². The molecule has 1 aromatic rings. The molecule has 0 atom stereocenters. The molecule has 3 nitrogen and oxygen atoms in total. The molecule has 0 radical (unpaired) electrons. The summed E-state index contributed by atoms with van der Waals surface area (Å²) in [6, 6.07) is 2.10. The van der Waals surface area contributed by atoms with Crippen LogP contribution >= 0.6 is 15.9 Å². The molecule has 106 valence electrons. The maximum atomic E-state index is 10.1. The molecule has 0 unspecified atom stereocenters. The Hall–Kier alpha value is -0.740. The lowest BCUT2D eigenvalue weighted by atomic mass is 9.95. The summed E-state index contributed by atoms with van der Waals surface area (Å²) in [4.78, 5) is 0. The SMILES string of the molecule is COc1c(CC2(O)CC2)cc(C(C)C)c(OC)c1Br. The van der Waals surface area contributed by atoms with E-state index in [1.165, 1.54) is 0 Å². The first-order valence-electron chi connectivity index (χ1n) is 6.57. The van der Waals surface area contributed by atoms with Crippen LogP contribution in [0.15, 0.2) is 10.5 Å². The summed E-state index contributed by atoms with van der Waals surface area (Å²) in [7, 11) is 3.31. The zero-order chi connectivity index (χ0) is 14.2. The lowest BCUT2D eigenvalue weighted by Crippen LogP contribution is -2.13. The molecule has 0 spiro atoms. The van der Waals surface area contributed by atoms with Gasteiger partial charge in [0.1, 0.15) is 16.0 Å². The quantitative estimate of drug-likeness (QED) is 0.896. The minimum Gasteiger partial charge on any atom is -0.495 e. The normalized spacial score (nSPS) is 16.6. The third-order valence-corrected chi connectivity index (χ3v) is 4.38. The first kappa shape index (κ1) is 14.7. The number of hydrogen-bond acceptors (Lipinski definition) is 3. The fourth-order valence-corrected chi connectivity index (χ4v) is 3.16. The molecule has 2 rings (SSSR count). The van der Waals surface area contributed by atoms with Crippen LogP contribution in [0.25, 0.3) is 0 Å². The Balaban J connectivity index is 2.51. The standard InChI is InChI=1S/C15H21BrO3/c1-9(2)11-7-10(8-15(17)5-6-15)13(18-3)12(16)14(11)19-4/h7,9,17H,5-6,8H2,1-4H3. The summed E-state index contributed by atoms with van der Waals surface area (Å²) in [5, 5.41) is 10.1. The predicted molar refractivity (Wildman–Crippen MR) is 79.2 cm³/mol. The zero-order valence-corrected chi connectivity index (χ0v) is 13.5. The molecule has 19 heavy (non-hydrogen) atoms. The molecule has 0 amide bonds. The van der Waals surface area contributed by atoms with Crippen molar-refractivity contribution in [3.05, 3.63) is 21.7 Å². The van der Waals surface area contributed by atoms with Gasteiger partial charge in [-0.15, -0.1) is 0 Å². The van der Waals surface area contributed by atoms with Crippen LogP contribution in [0.3, 0.4) is 0 Å². The molecule has 0 aliphatic heterocycles. The van der Waals surface area contributed by atoms with Gasteiger partial charge in [0.2, 0.25) is 0 Å². The average Bonchev–Trinajstić information content (AvgIpc) is 3.06. The van der Waals surface area contributed by atoms with Crippen molar-refractivity contribution in [3.63, 3.8) is 0 Å². The second-order valence-electron chi connectivity index (χ2n) is 5.56. The first-order chi connectivity index (χ1) is 8.91. The van der Waals surface area contributed by atoms with Gasteiger partial charge in [0.25, 0.3) is 0 Å². The van der Waals surface area contributed by atoms with E-state index in [1.807, 2.05) is 0 Å². The lowest BCUT2D eigenvalue weighted by molar-refractivity contribution is 0.150. The van der Waals surface area contributed by atoms with Crippen molar-refractivity contribution in [3.8, 4) is 11.5 Å². The van der Waals surface area contributed by atoms with Crippen LogP contribution in [0.1, 0.15) is 43.7 Å². The van der Waals surface area contributed by atoms with Crippen LogP contribution < -0.4 is 9.47 Å². The maximum Gasteiger partial charge on any atom is 0.140 e. The van der Waals surface area contributed by atoms with Crippen LogP contribution in [0, 0.1) is 0 Å². The minimum absolute atomic E-state index is 0.352. The molecule has 1 aliphatic carbocycles. The molecule has 1 N–H and O–H groups in total. The molecule has 0 saturated heterocycles. The van der Waals surface area contributed by atoms with Crippen molar-refractivity contribution in [2.24, 2.45) is 0 Å². The van der Waals surface area contributed by atoms with Gasteiger partial charge >= 0.3 is 0 Å². The summed E-state index contributed by atoms with van der Waals surface area (Å²) in [6.45, 7) is 4.26. The molecule has 0 bridgehead atoms. The van der Waals surface area contributed by atoms with E-state index < -0.39 is 5.60 Å². The monoisotopic (exact) mass is 328 g/mol. The van der Waals surface area contributed by atoms with Gasteiger partial charge in [0.05, 0.1) is 19.8 Å². The number of hydrogen-bond donors (Lipinski definition) is 1. The third kappa shape index (κ3) is 2.90. The van der Waals surface area contributed by atoms with Crippen molar-refractivity contribution in [1.82, 2.24) is 0 Å². The topological polar surface area (TPSA) is 38.7 Å². The maximum absolute atomic E-state index is 10.1. The second-order valence-corrected chi connectivity index (χ2v) is 6.35. The first-order valence-corrected chi connectivity index (χ1v) is 7.37. The van der Waals surface area contributed by atoms with E-state index in [0.29, 0.717) is 12.3 Å². The fraction of sp³-hybridized carbons (Fsp3) is 0.600. The highest BCUT2D eigenvalue weighted by Crippen LogP contribution is 2.46. The van der Waals surface area contributed by atoms with Gasteiger partial charge in [0, 0.05) is 6.42 Å². The van der Waals surface area contributed by atoms with Crippen molar-refractivity contribution in [2.75, 3.05) is 14.2 Å². The van der Waals surface area contributed by atoms with E-state index in [2.05, 4.69) is 35.8 Å². The van der Waals surface area contributed by atoms with Crippen LogP contribution in [0.4, 0.5) is 0 Å². The Morgan fingerprint density at radius 1 is 1.26 bits per heavy atom.